The summed E-state index contributed by atoms with van der Waals surface area (Å²) >= 11 is 0. The lowest BCUT2D eigenvalue weighted by molar-refractivity contribution is 0.836. The lowest BCUT2D eigenvalue weighted by Crippen LogP contribution is -2.06. The van der Waals surface area contributed by atoms with Gasteiger partial charge in [0, 0.05) is 28.7 Å². The Morgan fingerprint density at radius 1 is 1.06 bits per heavy atom. The van der Waals surface area contributed by atoms with E-state index in [9.17, 15) is 0 Å². The van der Waals surface area contributed by atoms with Gasteiger partial charge in [0.1, 0.15) is 0 Å². The molecule has 2 nitrogen and oxygen atoms in total. The second kappa shape index (κ2) is 3.98. The van der Waals surface area contributed by atoms with Gasteiger partial charge in [0.05, 0.1) is 5.69 Å². The van der Waals surface area contributed by atoms with Gasteiger partial charge in [-0.1, -0.05) is 27.7 Å². The largest absolute Gasteiger partial charge is 0.358 e. The van der Waals surface area contributed by atoms with Crippen LogP contribution in [0.5, 0.6) is 0 Å². The monoisotopic (exact) mass is 240 g/mol. The zero-order valence-corrected chi connectivity index (χ0v) is 11.5. The lowest BCUT2D eigenvalue weighted by atomic mass is 10.0. The molecule has 0 saturated heterocycles. The molecule has 0 fully saturated rings. The summed E-state index contributed by atoms with van der Waals surface area (Å²) in [6.07, 6.45) is 1.02. The highest BCUT2D eigenvalue weighted by Gasteiger charge is 2.18. The molecule has 0 radical (unpaired) electrons. The first-order valence-electron chi connectivity index (χ1n) is 6.77. The van der Waals surface area contributed by atoms with Crippen molar-refractivity contribution < 1.29 is 0 Å². The van der Waals surface area contributed by atoms with Gasteiger partial charge in [0.2, 0.25) is 0 Å². The van der Waals surface area contributed by atoms with E-state index in [1.165, 1.54) is 27.9 Å². The first-order valence-corrected chi connectivity index (χ1v) is 6.77. The zero-order chi connectivity index (χ0) is 12.9. The molecule has 1 aromatic heterocycles. The summed E-state index contributed by atoms with van der Waals surface area (Å²) in [7, 11) is 0. The highest BCUT2D eigenvalue weighted by molar-refractivity contribution is 5.98. The van der Waals surface area contributed by atoms with Gasteiger partial charge in [0.25, 0.3) is 0 Å². The van der Waals surface area contributed by atoms with Crippen LogP contribution in [-0.2, 0) is 6.42 Å². The Labute approximate surface area is 108 Å². The van der Waals surface area contributed by atoms with Crippen LogP contribution in [0.1, 0.15) is 44.9 Å². The number of aliphatic imine (C=N–C) groups is 1. The molecule has 2 heterocycles. The Morgan fingerprint density at radius 3 is 2.50 bits per heavy atom. The summed E-state index contributed by atoms with van der Waals surface area (Å²) in [5, 5.41) is 1.32. The van der Waals surface area contributed by atoms with Crippen LogP contribution >= 0.6 is 0 Å². The summed E-state index contributed by atoms with van der Waals surface area (Å²) < 4.78 is 0. The van der Waals surface area contributed by atoms with Crippen molar-refractivity contribution in [3.05, 3.63) is 29.5 Å². The van der Waals surface area contributed by atoms with Crippen molar-refractivity contribution >= 4 is 22.3 Å². The Bertz CT molecular complexity index is 630. The van der Waals surface area contributed by atoms with E-state index in [0.717, 1.165) is 12.1 Å². The van der Waals surface area contributed by atoms with Crippen LogP contribution in [0.2, 0.25) is 0 Å². The van der Waals surface area contributed by atoms with E-state index in [0.29, 0.717) is 11.8 Å². The number of nitrogens with zero attached hydrogens (tertiary/aromatic N) is 1. The van der Waals surface area contributed by atoms with E-state index in [4.69, 9.17) is 4.99 Å². The molecule has 0 aliphatic carbocycles. The van der Waals surface area contributed by atoms with Gasteiger partial charge < -0.3 is 4.98 Å². The van der Waals surface area contributed by atoms with Gasteiger partial charge in [-0.05, 0) is 35.6 Å². The number of nitrogens with one attached hydrogen (secondary N) is 1. The van der Waals surface area contributed by atoms with Crippen LogP contribution in [0.4, 0.5) is 5.69 Å². The Morgan fingerprint density at radius 2 is 1.83 bits per heavy atom. The zero-order valence-electron chi connectivity index (χ0n) is 11.5. The fourth-order valence-corrected chi connectivity index (χ4v) is 2.52. The molecule has 0 bridgehead atoms. The SMILES string of the molecule is CC(C)C1=Nc2cc3[nH]c(C(C)C)cc3cc2C1. The number of benzene rings is 1. The van der Waals surface area contributed by atoms with Gasteiger partial charge in [-0.2, -0.15) is 0 Å². The molecular weight excluding hydrogens is 220 g/mol. The number of hydrogen-bond donors (Lipinski definition) is 1. The van der Waals surface area contributed by atoms with Crippen LogP contribution in [0, 0.1) is 5.92 Å². The maximum Gasteiger partial charge on any atom is 0.0686 e. The van der Waals surface area contributed by atoms with Crippen molar-refractivity contribution in [3.8, 4) is 0 Å². The molecule has 3 rings (SSSR count). The van der Waals surface area contributed by atoms with E-state index in [1.807, 2.05) is 0 Å². The number of H-pyrrole nitrogens is 1. The summed E-state index contributed by atoms with van der Waals surface area (Å²) in [6, 6.07) is 6.77. The molecule has 0 saturated carbocycles. The summed E-state index contributed by atoms with van der Waals surface area (Å²) in [6.45, 7) is 8.86. The minimum Gasteiger partial charge on any atom is -0.358 e. The van der Waals surface area contributed by atoms with Crippen molar-refractivity contribution in [2.75, 3.05) is 0 Å². The number of fused-ring (bicyclic) bond motifs is 2. The first kappa shape index (κ1) is 11.5. The van der Waals surface area contributed by atoms with E-state index in [-0.39, 0.29) is 0 Å². The highest BCUT2D eigenvalue weighted by Crippen LogP contribution is 2.33. The second-order valence-electron chi connectivity index (χ2n) is 5.88. The van der Waals surface area contributed by atoms with E-state index in [2.05, 4.69) is 50.9 Å². The van der Waals surface area contributed by atoms with Gasteiger partial charge in [-0.3, -0.25) is 4.99 Å². The fourth-order valence-electron chi connectivity index (χ4n) is 2.52. The van der Waals surface area contributed by atoms with Gasteiger partial charge in [-0.25, -0.2) is 0 Å². The van der Waals surface area contributed by atoms with E-state index in [1.54, 1.807) is 0 Å². The Balaban J connectivity index is 2.09. The second-order valence-corrected chi connectivity index (χ2v) is 5.88. The molecule has 1 aromatic carbocycles. The molecule has 1 N–H and O–H groups in total. The van der Waals surface area contributed by atoms with Crippen LogP contribution in [0.25, 0.3) is 10.9 Å². The molecule has 1 aliphatic rings. The number of aromatic nitrogens is 1. The van der Waals surface area contributed by atoms with Crippen LogP contribution in [0.3, 0.4) is 0 Å². The molecule has 0 unspecified atom stereocenters. The molecule has 0 atom stereocenters. The van der Waals surface area contributed by atoms with Gasteiger partial charge in [-0.15, -0.1) is 0 Å². The van der Waals surface area contributed by atoms with Crippen molar-refractivity contribution in [3.63, 3.8) is 0 Å². The number of hydrogen-bond acceptors (Lipinski definition) is 1. The third-order valence-electron chi connectivity index (χ3n) is 3.76. The quantitative estimate of drug-likeness (QED) is 0.796. The van der Waals surface area contributed by atoms with Crippen LogP contribution in [-0.4, -0.2) is 10.7 Å². The summed E-state index contributed by atoms with van der Waals surface area (Å²) in [4.78, 5) is 8.25. The molecule has 18 heavy (non-hydrogen) atoms. The third-order valence-corrected chi connectivity index (χ3v) is 3.76. The molecule has 2 aromatic rings. The molecule has 94 valence electrons. The summed E-state index contributed by atoms with van der Waals surface area (Å²) in [5.41, 5.74) is 6.36. The molecule has 0 spiro atoms. The summed E-state index contributed by atoms with van der Waals surface area (Å²) in [5.74, 6) is 1.09. The van der Waals surface area contributed by atoms with Crippen LogP contribution < -0.4 is 0 Å². The van der Waals surface area contributed by atoms with Crippen molar-refractivity contribution in [1.29, 1.82) is 0 Å². The number of aromatic amines is 1. The topological polar surface area (TPSA) is 28.1 Å². The average Bonchev–Trinajstić information content (AvgIpc) is 2.87. The average molecular weight is 240 g/mol. The van der Waals surface area contributed by atoms with Crippen molar-refractivity contribution in [2.24, 2.45) is 10.9 Å². The molecular formula is C16H20N2. The standard InChI is InChI=1S/C16H20N2/c1-9(2)13-6-11-5-12-7-14(10(3)4)18-16(12)8-15(11)17-13/h5-6,8-10,17H,7H2,1-4H3. The lowest BCUT2D eigenvalue weighted by Gasteiger charge is -2.01. The predicted molar refractivity (Wildman–Crippen MR) is 78.0 cm³/mol. The first-order chi connectivity index (χ1) is 8.54. The van der Waals surface area contributed by atoms with Crippen LogP contribution in [0.15, 0.2) is 23.2 Å². The molecule has 1 aliphatic heterocycles. The predicted octanol–water partition coefficient (Wildman–Crippen LogP) is 4.58. The fraction of sp³-hybridized carbons (Fsp3) is 0.438. The maximum atomic E-state index is 4.75. The van der Waals surface area contributed by atoms with Crippen molar-refractivity contribution in [2.45, 2.75) is 40.0 Å². The Hall–Kier alpha value is -1.57. The third kappa shape index (κ3) is 1.76. The molecule has 0 amide bonds. The normalized spacial score (nSPS) is 14.7. The minimum atomic E-state index is 0.543. The van der Waals surface area contributed by atoms with Crippen molar-refractivity contribution in [1.82, 2.24) is 4.98 Å². The molecule has 2 heteroatoms. The number of rotatable bonds is 2. The smallest absolute Gasteiger partial charge is 0.0686 e. The highest BCUT2D eigenvalue weighted by atomic mass is 14.8. The van der Waals surface area contributed by atoms with E-state index < -0.39 is 0 Å². The van der Waals surface area contributed by atoms with Gasteiger partial charge in [0.15, 0.2) is 0 Å². The van der Waals surface area contributed by atoms with Gasteiger partial charge >= 0.3 is 0 Å². The maximum absolute atomic E-state index is 4.75. The van der Waals surface area contributed by atoms with E-state index >= 15 is 0 Å². The Kier molecular flexibility index (Phi) is 2.54. The minimum absolute atomic E-state index is 0.543.